The third kappa shape index (κ3) is 5.27. The highest BCUT2D eigenvalue weighted by molar-refractivity contribution is 5.65. The van der Waals surface area contributed by atoms with Gasteiger partial charge in [0.05, 0.1) is 11.6 Å². The lowest BCUT2D eigenvalue weighted by Crippen LogP contribution is -2.31. The zero-order valence-electron chi connectivity index (χ0n) is 22.5. The van der Waals surface area contributed by atoms with Crippen molar-refractivity contribution in [3.8, 4) is 28.5 Å². The van der Waals surface area contributed by atoms with Crippen molar-refractivity contribution >= 4 is 0 Å². The molecule has 0 aliphatic rings. The van der Waals surface area contributed by atoms with E-state index in [0.717, 1.165) is 28.5 Å². The summed E-state index contributed by atoms with van der Waals surface area (Å²) >= 11 is 0. The molecule has 0 amide bonds. The summed E-state index contributed by atoms with van der Waals surface area (Å²) in [7, 11) is 0. The van der Waals surface area contributed by atoms with Gasteiger partial charge < -0.3 is 5.11 Å². The lowest BCUT2D eigenvalue weighted by Gasteiger charge is -2.23. The first-order chi connectivity index (χ1) is 19.3. The second-order valence-electron chi connectivity index (χ2n) is 9.61. The normalized spacial score (nSPS) is 12.0. The minimum Gasteiger partial charge on any atom is -0.493 e. The number of nitrogens with zero attached hydrogens (tertiary/aromatic N) is 5. The minimum absolute atomic E-state index is 0.0827. The summed E-state index contributed by atoms with van der Waals surface area (Å²) in [5.74, 6) is -1.77. The summed E-state index contributed by atoms with van der Waals surface area (Å²) in [6.07, 6.45) is 3.94. The molecule has 9 heteroatoms. The number of halogens is 2. The average molecular weight is 542 g/mol. The van der Waals surface area contributed by atoms with Crippen molar-refractivity contribution in [3.05, 3.63) is 117 Å². The fraction of sp³-hybridized carbons (Fsp3) is 0.226. The topological polar surface area (TPSA) is 85.8 Å². The van der Waals surface area contributed by atoms with Crippen LogP contribution in [0.4, 0.5) is 8.78 Å². The van der Waals surface area contributed by atoms with Gasteiger partial charge in [0.25, 0.3) is 5.56 Å². The van der Waals surface area contributed by atoms with Crippen LogP contribution in [-0.4, -0.2) is 29.4 Å². The van der Waals surface area contributed by atoms with Gasteiger partial charge >= 0.3 is 0 Å². The van der Waals surface area contributed by atoms with Gasteiger partial charge in [-0.2, -0.15) is 10.1 Å². The van der Waals surface area contributed by atoms with Gasteiger partial charge in [-0.3, -0.25) is 19.0 Å². The first-order valence-electron chi connectivity index (χ1n) is 13.1. The molecular weight excluding hydrogens is 512 g/mol. The van der Waals surface area contributed by atoms with E-state index in [1.807, 2.05) is 57.2 Å². The van der Waals surface area contributed by atoms with Crippen LogP contribution in [0.5, 0.6) is 5.88 Å². The first-order valence-corrected chi connectivity index (χ1v) is 13.1. The lowest BCUT2D eigenvalue weighted by molar-refractivity contribution is 0.433. The van der Waals surface area contributed by atoms with Crippen LogP contribution in [0.25, 0.3) is 22.6 Å². The Balaban J connectivity index is 1.62. The molecule has 2 aromatic carbocycles. The molecular formula is C31H29F2N5O2. The van der Waals surface area contributed by atoms with Crippen LogP contribution in [0.2, 0.25) is 0 Å². The third-order valence-electron chi connectivity index (χ3n) is 7.00. The van der Waals surface area contributed by atoms with E-state index in [1.165, 1.54) is 16.7 Å². The minimum atomic E-state index is -0.748. The van der Waals surface area contributed by atoms with Crippen molar-refractivity contribution in [2.75, 3.05) is 0 Å². The molecule has 0 aliphatic carbocycles. The number of rotatable bonds is 8. The van der Waals surface area contributed by atoms with E-state index in [-0.39, 0.29) is 23.4 Å². The third-order valence-corrected chi connectivity index (χ3v) is 7.00. The molecule has 0 saturated carbocycles. The monoisotopic (exact) mass is 541 g/mol. The van der Waals surface area contributed by atoms with Gasteiger partial charge in [0.2, 0.25) is 5.88 Å². The summed E-state index contributed by atoms with van der Waals surface area (Å²) in [4.78, 5) is 22.8. The van der Waals surface area contributed by atoms with Crippen LogP contribution in [0.1, 0.15) is 48.7 Å². The van der Waals surface area contributed by atoms with E-state index in [9.17, 15) is 18.7 Å². The van der Waals surface area contributed by atoms with Crippen molar-refractivity contribution in [1.82, 2.24) is 24.3 Å². The Morgan fingerprint density at radius 2 is 1.73 bits per heavy atom. The van der Waals surface area contributed by atoms with Gasteiger partial charge in [-0.25, -0.2) is 8.78 Å². The molecule has 0 bridgehead atoms. The maximum absolute atomic E-state index is 14.2. The fourth-order valence-corrected chi connectivity index (χ4v) is 4.97. The van der Waals surface area contributed by atoms with Crippen LogP contribution >= 0.6 is 0 Å². The number of aromatic nitrogens is 5. The second-order valence-corrected chi connectivity index (χ2v) is 9.61. The highest BCUT2D eigenvalue weighted by atomic mass is 19.1. The van der Waals surface area contributed by atoms with Crippen LogP contribution < -0.4 is 5.56 Å². The molecule has 1 atom stereocenters. The fourth-order valence-electron chi connectivity index (χ4n) is 4.97. The predicted molar refractivity (Wildman–Crippen MR) is 149 cm³/mol. The van der Waals surface area contributed by atoms with E-state index in [4.69, 9.17) is 0 Å². The molecule has 0 saturated heterocycles. The Morgan fingerprint density at radius 3 is 2.35 bits per heavy atom. The summed E-state index contributed by atoms with van der Waals surface area (Å²) in [5, 5.41) is 15.5. The van der Waals surface area contributed by atoms with Crippen LogP contribution in [0.3, 0.4) is 0 Å². The molecule has 0 radical (unpaired) electrons. The average Bonchev–Trinajstić information content (AvgIpc) is 3.42. The zero-order valence-corrected chi connectivity index (χ0v) is 22.5. The van der Waals surface area contributed by atoms with Crippen molar-refractivity contribution in [2.24, 2.45) is 0 Å². The number of hydrogen-bond acceptors (Lipinski definition) is 5. The predicted octanol–water partition coefficient (Wildman–Crippen LogP) is 6.07. The number of aromatic hydroxyl groups is 1. The van der Waals surface area contributed by atoms with Crippen molar-refractivity contribution in [3.63, 3.8) is 0 Å². The zero-order chi connectivity index (χ0) is 28.4. The van der Waals surface area contributed by atoms with Crippen LogP contribution in [0, 0.1) is 18.6 Å². The Morgan fingerprint density at radius 1 is 1.00 bits per heavy atom. The Hall–Kier alpha value is -4.66. The van der Waals surface area contributed by atoms with Gasteiger partial charge in [-0.05, 0) is 61.2 Å². The van der Waals surface area contributed by atoms with Gasteiger partial charge in [-0.15, -0.1) is 0 Å². The van der Waals surface area contributed by atoms with Crippen molar-refractivity contribution in [2.45, 2.75) is 46.2 Å². The van der Waals surface area contributed by atoms with Gasteiger partial charge in [0.1, 0.15) is 17.3 Å². The summed E-state index contributed by atoms with van der Waals surface area (Å²) in [5.41, 5.74) is 3.91. The summed E-state index contributed by atoms with van der Waals surface area (Å²) in [6, 6.07) is 15.7. The Kier molecular flexibility index (Phi) is 7.55. The molecule has 3 heterocycles. The molecule has 0 aliphatic heterocycles. The summed E-state index contributed by atoms with van der Waals surface area (Å²) < 4.78 is 31.5. The van der Waals surface area contributed by atoms with Gasteiger partial charge in [0.15, 0.2) is 5.82 Å². The lowest BCUT2D eigenvalue weighted by atomic mass is 9.99. The quantitative estimate of drug-likeness (QED) is 0.258. The van der Waals surface area contributed by atoms with Gasteiger partial charge in [0, 0.05) is 42.7 Å². The first kappa shape index (κ1) is 26.9. The second kappa shape index (κ2) is 11.2. The number of benzene rings is 2. The Labute approximate surface area is 230 Å². The molecule has 1 N–H and O–H groups in total. The van der Waals surface area contributed by atoms with Gasteiger partial charge in [-0.1, -0.05) is 37.3 Å². The number of hydrogen-bond donors (Lipinski definition) is 1. The Bertz CT molecular complexity index is 1710. The molecule has 0 spiro atoms. The smallest absolute Gasteiger partial charge is 0.261 e. The van der Waals surface area contributed by atoms with E-state index in [1.54, 1.807) is 23.1 Å². The molecule has 7 nitrogen and oxygen atoms in total. The van der Waals surface area contributed by atoms with Crippen molar-refractivity contribution < 1.29 is 13.9 Å². The standard InChI is InChI=1S/C31H29F2N5O2/c1-4-28(22-16-23(32)18-24(33)17-22)38-29(27-12-14-37(5-2)36-27)35-30(39)26(31(38)40)15-20-8-10-21(11-9-20)25-7-6-13-34-19(25)3/h6-14,16-18,28,39H,4-5,15H2,1-3H3. The van der Waals surface area contributed by atoms with Crippen molar-refractivity contribution in [1.29, 1.82) is 0 Å². The van der Waals surface area contributed by atoms with E-state index < -0.39 is 29.1 Å². The molecule has 5 rings (SSSR count). The molecule has 3 aromatic heterocycles. The summed E-state index contributed by atoms with van der Waals surface area (Å²) in [6.45, 7) is 6.27. The van der Waals surface area contributed by atoms with E-state index >= 15 is 0 Å². The van der Waals surface area contributed by atoms with E-state index in [2.05, 4.69) is 15.1 Å². The number of aryl methyl sites for hydroxylation is 2. The molecule has 204 valence electrons. The highest BCUT2D eigenvalue weighted by Gasteiger charge is 2.25. The maximum Gasteiger partial charge on any atom is 0.261 e. The number of pyridine rings is 1. The SMILES string of the molecule is CCC(c1cc(F)cc(F)c1)n1c(-c2ccn(CC)n2)nc(O)c(Cc2ccc(-c3cccnc3C)cc2)c1=O. The maximum atomic E-state index is 14.2. The molecule has 40 heavy (non-hydrogen) atoms. The van der Waals surface area contributed by atoms with E-state index in [0.29, 0.717) is 18.7 Å². The molecule has 1 unspecified atom stereocenters. The van der Waals surface area contributed by atoms with Crippen LogP contribution in [0.15, 0.2) is 77.9 Å². The highest BCUT2D eigenvalue weighted by Crippen LogP contribution is 2.30. The largest absolute Gasteiger partial charge is 0.493 e. The van der Waals surface area contributed by atoms with Crippen LogP contribution in [-0.2, 0) is 13.0 Å². The molecule has 0 fully saturated rings. The molecule has 5 aromatic rings.